The highest BCUT2D eigenvalue weighted by Crippen LogP contribution is 2.22. The van der Waals surface area contributed by atoms with Crippen molar-refractivity contribution < 1.29 is 4.79 Å². The molecule has 1 unspecified atom stereocenters. The minimum atomic E-state index is 0.0759. The Morgan fingerprint density at radius 2 is 1.58 bits per heavy atom. The Morgan fingerprint density at radius 3 is 2.19 bits per heavy atom. The molecule has 26 heavy (non-hydrogen) atoms. The first-order valence-electron chi connectivity index (χ1n) is 9.42. The molecule has 1 heterocycles. The first-order chi connectivity index (χ1) is 12.5. The van der Waals surface area contributed by atoms with Crippen LogP contribution in [-0.2, 0) is 4.79 Å². The predicted octanol–water partition coefficient (Wildman–Crippen LogP) is 3.62. The predicted molar refractivity (Wildman–Crippen MR) is 107 cm³/mol. The van der Waals surface area contributed by atoms with Gasteiger partial charge in [0.25, 0.3) is 0 Å². The molecule has 4 nitrogen and oxygen atoms in total. The second-order valence-electron chi connectivity index (χ2n) is 7.21. The lowest BCUT2D eigenvalue weighted by Gasteiger charge is -2.38. The van der Waals surface area contributed by atoms with E-state index in [1.165, 1.54) is 5.56 Å². The highest BCUT2D eigenvalue weighted by Gasteiger charge is 2.23. The van der Waals surface area contributed by atoms with Crippen LogP contribution < -0.4 is 5.32 Å². The van der Waals surface area contributed by atoms with Crippen molar-refractivity contribution in [3.8, 4) is 0 Å². The SMILES string of the molecule is Cc1cccc(C)c1NC(=O)CN1CCN(C(C)c2ccccc2)CC1. The van der Waals surface area contributed by atoms with Crippen molar-refractivity contribution >= 4 is 11.6 Å². The highest BCUT2D eigenvalue weighted by molar-refractivity contribution is 5.93. The normalized spacial score (nSPS) is 17.0. The van der Waals surface area contributed by atoms with Gasteiger partial charge >= 0.3 is 0 Å². The summed E-state index contributed by atoms with van der Waals surface area (Å²) in [7, 11) is 0. The lowest BCUT2D eigenvalue weighted by molar-refractivity contribution is -0.117. The number of amides is 1. The Kier molecular flexibility index (Phi) is 6.07. The number of piperazine rings is 1. The van der Waals surface area contributed by atoms with Gasteiger partial charge in [0, 0.05) is 37.9 Å². The first kappa shape index (κ1) is 18.6. The van der Waals surface area contributed by atoms with E-state index < -0.39 is 0 Å². The van der Waals surface area contributed by atoms with Crippen molar-refractivity contribution in [1.29, 1.82) is 0 Å². The molecule has 0 aromatic heterocycles. The van der Waals surface area contributed by atoms with Crippen LogP contribution in [0.2, 0.25) is 0 Å². The number of anilines is 1. The third kappa shape index (κ3) is 4.51. The third-order valence-electron chi connectivity index (χ3n) is 5.35. The molecule has 0 bridgehead atoms. The van der Waals surface area contributed by atoms with Crippen molar-refractivity contribution in [2.24, 2.45) is 0 Å². The number of nitrogens with zero attached hydrogens (tertiary/aromatic N) is 2. The van der Waals surface area contributed by atoms with Crippen LogP contribution in [0.15, 0.2) is 48.5 Å². The summed E-state index contributed by atoms with van der Waals surface area (Å²) in [4.78, 5) is 17.2. The summed E-state index contributed by atoms with van der Waals surface area (Å²) in [5.74, 6) is 0.0759. The molecule has 1 atom stereocenters. The molecule has 1 fully saturated rings. The topological polar surface area (TPSA) is 35.6 Å². The maximum absolute atomic E-state index is 12.5. The van der Waals surface area contributed by atoms with E-state index in [1.54, 1.807) is 0 Å². The van der Waals surface area contributed by atoms with E-state index >= 15 is 0 Å². The number of nitrogens with one attached hydrogen (secondary N) is 1. The average molecular weight is 351 g/mol. The van der Waals surface area contributed by atoms with E-state index in [0.717, 1.165) is 43.0 Å². The maximum Gasteiger partial charge on any atom is 0.238 e. The van der Waals surface area contributed by atoms with E-state index in [2.05, 4.69) is 52.4 Å². The number of aryl methyl sites for hydroxylation is 2. The Morgan fingerprint density at radius 1 is 0.962 bits per heavy atom. The quantitative estimate of drug-likeness (QED) is 0.894. The lowest BCUT2D eigenvalue weighted by Crippen LogP contribution is -2.49. The lowest BCUT2D eigenvalue weighted by atomic mass is 10.1. The minimum absolute atomic E-state index is 0.0759. The van der Waals surface area contributed by atoms with Gasteiger partial charge in [0.05, 0.1) is 6.54 Å². The average Bonchev–Trinajstić information content (AvgIpc) is 2.66. The molecular formula is C22H29N3O. The van der Waals surface area contributed by atoms with Gasteiger partial charge in [0.2, 0.25) is 5.91 Å². The smallest absolute Gasteiger partial charge is 0.238 e. The Hall–Kier alpha value is -2.17. The van der Waals surface area contributed by atoms with Crippen LogP contribution in [-0.4, -0.2) is 48.4 Å². The van der Waals surface area contributed by atoms with Crippen molar-refractivity contribution in [3.05, 3.63) is 65.2 Å². The van der Waals surface area contributed by atoms with Crippen LogP contribution in [0.1, 0.15) is 29.7 Å². The third-order valence-corrected chi connectivity index (χ3v) is 5.35. The van der Waals surface area contributed by atoms with E-state index in [1.807, 2.05) is 32.0 Å². The maximum atomic E-state index is 12.5. The molecular weight excluding hydrogens is 322 g/mol. The molecule has 1 amide bonds. The van der Waals surface area contributed by atoms with Gasteiger partial charge in [-0.05, 0) is 37.5 Å². The van der Waals surface area contributed by atoms with E-state index in [4.69, 9.17) is 0 Å². The van der Waals surface area contributed by atoms with Gasteiger partial charge in [0.1, 0.15) is 0 Å². The standard InChI is InChI=1S/C22H29N3O/c1-17-8-7-9-18(2)22(17)23-21(26)16-24-12-14-25(15-13-24)19(3)20-10-5-4-6-11-20/h4-11,19H,12-16H2,1-3H3,(H,23,26). The minimum Gasteiger partial charge on any atom is -0.324 e. The highest BCUT2D eigenvalue weighted by atomic mass is 16.2. The zero-order valence-electron chi connectivity index (χ0n) is 16.0. The number of para-hydroxylation sites is 1. The van der Waals surface area contributed by atoms with Crippen molar-refractivity contribution in [1.82, 2.24) is 9.80 Å². The summed E-state index contributed by atoms with van der Waals surface area (Å²) in [6.07, 6.45) is 0. The van der Waals surface area contributed by atoms with Gasteiger partial charge in [-0.1, -0.05) is 48.5 Å². The van der Waals surface area contributed by atoms with Crippen LogP contribution in [0.5, 0.6) is 0 Å². The number of carbonyl (C=O) groups is 1. The second-order valence-corrected chi connectivity index (χ2v) is 7.21. The van der Waals surface area contributed by atoms with Gasteiger partial charge in [-0.2, -0.15) is 0 Å². The van der Waals surface area contributed by atoms with E-state index in [-0.39, 0.29) is 5.91 Å². The fraction of sp³-hybridized carbons (Fsp3) is 0.409. The van der Waals surface area contributed by atoms with Crippen LogP contribution in [0.3, 0.4) is 0 Å². The van der Waals surface area contributed by atoms with Crippen LogP contribution in [0.25, 0.3) is 0 Å². The van der Waals surface area contributed by atoms with Gasteiger partial charge in [-0.3, -0.25) is 14.6 Å². The van der Waals surface area contributed by atoms with Gasteiger partial charge in [0.15, 0.2) is 0 Å². The number of hydrogen-bond acceptors (Lipinski definition) is 3. The molecule has 0 radical (unpaired) electrons. The molecule has 0 spiro atoms. The molecule has 1 N–H and O–H groups in total. The largest absolute Gasteiger partial charge is 0.324 e. The number of carbonyl (C=O) groups excluding carboxylic acids is 1. The van der Waals surface area contributed by atoms with Gasteiger partial charge in [-0.25, -0.2) is 0 Å². The van der Waals surface area contributed by atoms with Crippen molar-refractivity contribution in [2.75, 3.05) is 38.0 Å². The summed E-state index contributed by atoms with van der Waals surface area (Å²) >= 11 is 0. The van der Waals surface area contributed by atoms with Crippen LogP contribution in [0, 0.1) is 13.8 Å². The van der Waals surface area contributed by atoms with E-state index in [9.17, 15) is 4.79 Å². The Bertz CT molecular complexity index is 716. The van der Waals surface area contributed by atoms with E-state index in [0.29, 0.717) is 12.6 Å². The molecule has 1 aliphatic heterocycles. The van der Waals surface area contributed by atoms with Gasteiger partial charge < -0.3 is 5.32 Å². The molecule has 1 saturated heterocycles. The van der Waals surface area contributed by atoms with Crippen LogP contribution >= 0.6 is 0 Å². The Labute approximate surface area is 156 Å². The molecule has 0 aliphatic carbocycles. The number of hydrogen-bond donors (Lipinski definition) is 1. The molecule has 138 valence electrons. The number of rotatable bonds is 5. The second kappa shape index (κ2) is 8.47. The van der Waals surface area contributed by atoms with Crippen LogP contribution in [0.4, 0.5) is 5.69 Å². The molecule has 2 aromatic rings. The zero-order valence-corrected chi connectivity index (χ0v) is 16.0. The summed E-state index contributed by atoms with van der Waals surface area (Å²) in [5, 5.41) is 3.09. The molecule has 0 saturated carbocycles. The monoisotopic (exact) mass is 351 g/mol. The van der Waals surface area contributed by atoms with Crippen molar-refractivity contribution in [2.45, 2.75) is 26.8 Å². The molecule has 1 aliphatic rings. The summed E-state index contributed by atoms with van der Waals surface area (Å²) in [6, 6.07) is 17.1. The fourth-order valence-corrected chi connectivity index (χ4v) is 3.64. The van der Waals surface area contributed by atoms with Gasteiger partial charge in [-0.15, -0.1) is 0 Å². The zero-order chi connectivity index (χ0) is 18.5. The molecule has 2 aromatic carbocycles. The fourth-order valence-electron chi connectivity index (χ4n) is 3.64. The Balaban J connectivity index is 1.50. The summed E-state index contributed by atoms with van der Waals surface area (Å²) in [6.45, 7) is 10.6. The molecule has 4 heteroatoms. The number of benzene rings is 2. The summed E-state index contributed by atoms with van der Waals surface area (Å²) in [5.41, 5.74) is 4.53. The first-order valence-corrected chi connectivity index (χ1v) is 9.42. The summed E-state index contributed by atoms with van der Waals surface area (Å²) < 4.78 is 0. The molecule has 3 rings (SSSR count). The van der Waals surface area contributed by atoms with Crippen molar-refractivity contribution in [3.63, 3.8) is 0 Å².